The van der Waals surface area contributed by atoms with Crippen molar-refractivity contribution < 1.29 is 4.79 Å². The van der Waals surface area contributed by atoms with E-state index in [-0.39, 0.29) is 11.8 Å². The molecular formula is C25H23N7O. The standard InChI is InChI=1S/C25H23N7O/c1-16(18-5-3-6-19-20(25(33)26-2)8-9-27-24(18)19)12-28-22-11-21(30-15-31-22)17-13-29-23-7-4-10-32(23)14-17/h3-11,13-16H,12H2,1-2H3,(H,26,33)(H,28,30,31). The van der Waals surface area contributed by atoms with Gasteiger partial charge in [-0.25, -0.2) is 15.0 Å². The zero-order chi connectivity index (χ0) is 22.8. The first-order valence-corrected chi connectivity index (χ1v) is 10.7. The fourth-order valence-corrected chi connectivity index (χ4v) is 3.96. The summed E-state index contributed by atoms with van der Waals surface area (Å²) < 4.78 is 1.97. The third-order valence-electron chi connectivity index (χ3n) is 5.73. The van der Waals surface area contributed by atoms with Gasteiger partial charge in [0.2, 0.25) is 0 Å². The molecule has 0 radical (unpaired) electrons. The molecule has 5 rings (SSSR count). The largest absolute Gasteiger partial charge is 0.369 e. The number of anilines is 1. The van der Waals surface area contributed by atoms with Gasteiger partial charge in [-0.3, -0.25) is 9.78 Å². The van der Waals surface area contributed by atoms with Crippen LogP contribution in [0.4, 0.5) is 5.82 Å². The summed E-state index contributed by atoms with van der Waals surface area (Å²) in [7, 11) is 1.63. The lowest BCUT2D eigenvalue weighted by Crippen LogP contribution is -2.18. The molecule has 4 heterocycles. The van der Waals surface area contributed by atoms with Crippen LogP contribution in [0.15, 0.2) is 73.6 Å². The van der Waals surface area contributed by atoms with Crippen LogP contribution in [0.2, 0.25) is 0 Å². The summed E-state index contributed by atoms with van der Waals surface area (Å²) in [6, 6.07) is 13.5. The van der Waals surface area contributed by atoms with Gasteiger partial charge in [-0.15, -0.1) is 0 Å². The van der Waals surface area contributed by atoms with E-state index in [1.807, 2.05) is 53.3 Å². The Morgan fingerprint density at radius 1 is 1.09 bits per heavy atom. The number of nitrogens with zero attached hydrogens (tertiary/aromatic N) is 5. The first kappa shape index (κ1) is 20.6. The predicted octanol–water partition coefficient (Wildman–Crippen LogP) is 3.91. The van der Waals surface area contributed by atoms with Crippen LogP contribution in [0, 0.1) is 0 Å². The van der Waals surface area contributed by atoms with Gasteiger partial charge in [0, 0.05) is 61.3 Å². The molecule has 0 aliphatic rings. The Morgan fingerprint density at radius 2 is 2.00 bits per heavy atom. The van der Waals surface area contributed by atoms with Crippen molar-refractivity contribution in [3.05, 3.63) is 84.7 Å². The zero-order valence-electron chi connectivity index (χ0n) is 18.4. The molecule has 8 nitrogen and oxygen atoms in total. The van der Waals surface area contributed by atoms with E-state index < -0.39 is 0 Å². The number of nitrogens with one attached hydrogen (secondary N) is 2. The molecule has 5 aromatic rings. The number of aromatic nitrogens is 5. The van der Waals surface area contributed by atoms with Gasteiger partial charge in [-0.05, 0) is 23.8 Å². The van der Waals surface area contributed by atoms with Crippen LogP contribution in [-0.4, -0.2) is 43.8 Å². The van der Waals surface area contributed by atoms with Crippen molar-refractivity contribution in [3.63, 3.8) is 0 Å². The normalized spacial score (nSPS) is 12.1. The first-order valence-electron chi connectivity index (χ1n) is 10.7. The van der Waals surface area contributed by atoms with Gasteiger partial charge in [0.1, 0.15) is 17.8 Å². The van der Waals surface area contributed by atoms with Gasteiger partial charge in [0.05, 0.1) is 16.8 Å². The lowest BCUT2D eigenvalue weighted by Gasteiger charge is -2.16. The Labute approximate surface area is 190 Å². The highest BCUT2D eigenvalue weighted by Crippen LogP contribution is 2.27. The Balaban J connectivity index is 1.37. The van der Waals surface area contributed by atoms with Gasteiger partial charge in [-0.1, -0.05) is 25.1 Å². The van der Waals surface area contributed by atoms with Gasteiger partial charge in [0.25, 0.3) is 5.91 Å². The molecule has 4 aromatic heterocycles. The van der Waals surface area contributed by atoms with Gasteiger partial charge in [0.15, 0.2) is 0 Å². The quantitative estimate of drug-likeness (QED) is 0.418. The fraction of sp³-hybridized carbons (Fsp3) is 0.160. The molecule has 1 aromatic carbocycles. The van der Waals surface area contributed by atoms with Crippen molar-refractivity contribution in [2.24, 2.45) is 0 Å². The van der Waals surface area contributed by atoms with Crippen LogP contribution < -0.4 is 10.6 Å². The average molecular weight is 438 g/mol. The van der Waals surface area contributed by atoms with Crippen LogP contribution in [0.5, 0.6) is 0 Å². The van der Waals surface area contributed by atoms with E-state index in [0.29, 0.717) is 12.1 Å². The molecule has 2 N–H and O–H groups in total. The first-order chi connectivity index (χ1) is 16.1. The van der Waals surface area contributed by atoms with E-state index in [1.165, 1.54) is 0 Å². The molecule has 0 bridgehead atoms. The van der Waals surface area contributed by atoms with Crippen molar-refractivity contribution in [1.82, 2.24) is 29.7 Å². The number of para-hydroxylation sites is 1. The molecular weight excluding hydrogens is 414 g/mol. The van der Waals surface area contributed by atoms with Crippen molar-refractivity contribution in [1.29, 1.82) is 0 Å². The molecule has 0 saturated carbocycles. The molecule has 0 aliphatic heterocycles. The second-order valence-electron chi connectivity index (χ2n) is 7.87. The molecule has 1 amide bonds. The molecule has 0 saturated heterocycles. The summed E-state index contributed by atoms with van der Waals surface area (Å²) in [6.07, 6.45) is 9.01. The van der Waals surface area contributed by atoms with Crippen molar-refractivity contribution in [2.75, 3.05) is 18.9 Å². The Kier molecular flexibility index (Phi) is 5.40. The van der Waals surface area contributed by atoms with Crippen LogP contribution in [-0.2, 0) is 0 Å². The van der Waals surface area contributed by atoms with E-state index in [0.717, 1.165) is 39.2 Å². The van der Waals surface area contributed by atoms with E-state index in [2.05, 4.69) is 43.6 Å². The zero-order valence-corrected chi connectivity index (χ0v) is 18.4. The monoisotopic (exact) mass is 437 g/mol. The minimum absolute atomic E-state index is 0.119. The van der Waals surface area contributed by atoms with E-state index >= 15 is 0 Å². The lowest BCUT2D eigenvalue weighted by molar-refractivity contribution is 0.0964. The Bertz CT molecular complexity index is 1460. The molecule has 0 aliphatic carbocycles. The Hall–Kier alpha value is -4.33. The summed E-state index contributed by atoms with van der Waals surface area (Å²) in [5, 5.41) is 6.96. The highest BCUT2D eigenvalue weighted by Gasteiger charge is 2.15. The second-order valence-corrected chi connectivity index (χ2v) is 7.87. The van der Waals surface area contributed by atoms with E-state index in [9.17, 15) is 4.79 Å². The predicted molar refractivity (Wildman–Crippen MR) is 128 cm³/mol. The number of carbonyl (C=O) groups is 1. The van der Waals surface area contributed by atoms with Gasteiger partial charge in [-0.2, -0.15) is 0 Å². The summed E-state index contributed by atoms with van der Waals surface area (Å²) >= 11 is 0. The average Bonchev–Trinajstić information content (AvgIpc) is 3.34. The second kappa shape index (κ2) is 8.66. The molecule has 1 unspecified atom stereocenters. The van der Waals surface area contributed by atoms with Crippen LogP contribution in [0.3, 0.4) is 0 Å². The smallest absolute Gasteiger partial charge is 0.251 e. The number of rotatable bonds is 6. The number of hydrogen-bond acceptors (Lipinski definition) is 6. The van der Waals surface area contributed by atoms with Crippen molar-refractivity contribution in [3.8, 4) is 11.3 Å². The van der Waals surface area contributed by atoms with E-state index in [4.69, 9.17) is 0 Å². The number of hydrogen-bond donors (Lipinski definition) is 2. The maximum absolute atomic E-state index is 12.3. The number of carbonyl (C=O) groups excluding carboxylic acids is 1. The number of pyridine rings is 1. The number of amides is 1. The maximum atomic E-state index is 12.3. The molecule has 8 heteroatoms. The number of fused-ring (bicyclic) bond motifs is 2. The summed E-state index contributed by atoms with van der Waals surface area (Å²) in [4.78, 5) is 30.1. The van der Waals surface area contributed by atoms with Crippen LogP contribution in [0.1, 0.15) is 28.8 Å². The van der Waals surface area contributed by atoms with Gasteiger partial charge < -0.3 is 15.0 Å². The maximum Gasteiger partial charge on any atom is 0.251 e. The summed E-state index contributed by atoms with van der Waals surface area (Å²) in [6.45, 7) is 2.78. The third-order valence-corrected chi connectivity index (χ3v) is 5.73. The SMILES string of the molecule is CNC(=O)c1ccnc2c(C(C)CNc3cc(-c4cnc5cccn5c4)ncn3)cccc12. The van der Waals surface area contributed by atoms with E-state index in [1.54, 1.807) is 25.6 Å². The summed E-state index contributed by atoms with van der Waals surface area (Å²) in [5.41, 5.74) is 5.13. The topological polar surface area (TPSA) is 97.1 Å². The molecule has 164 valence electrons. The highest BCUT2D eigenvalue weighted by atomic mass is 16.1. The minimum atomic E-state index is -0.119. The summed E-state index contributed by atoms with van der Waals surface area (Å²) in [5.74, 6) is 0.752. The van der Waals surface area contributed by atoms with Gasteiger partial charge >= 0.3 is 0 Å². The molecule has 0 fully saturated rings. The van der Waals surface area contributed by atoms with Crippen LogP contribution in [0.25, 0.3) is 27.8 Å². The Morgan fingerprint density at radius 3 is 2.88 bits per heavy atom. The molecule has 0 spiro atoms. The van der Waals surface area contributed by atoms with Crippen LogP contribution >= 0.6 is 0 Å². The lowest BCUT2D eigenvalue weighted by atomic mass is 9.96. The van der Waals surface area contributed by atoms with Crippen molar-refractivity contribution in [2.45, 2.75) is 12.8 Å². The molecule has 1 atom stereocenters. The highest BCUT2D eigenvalue weighted by molar-refractivity contribution is 6.06. The minimum Gasteiger partial charge on any atom is -0.369 e. The number of benzene rings is 1. The molecule has 33 heavy (non-hydrogen) atoms. The van der Waals surface area contributed by atoms with Crippen molar-refractivity contribution >= 4 is 28.3 Å². The third kappa shape index (κ3) is 3.98. The fourth-order valence-electron chi connectivity index (χ4n) is 3.96.